The second-order valence-electron chi connectivity index (χ2n) is 9.79. The minimum atomic E-state index is -1.51. The molecule has 1 aliphatic carbocycles. The number of nitrogens with zero attached hydrogens (tertiary/aromatic N) is 1. The summed E-state index contributed by atoms with van der Waals surface area (Å²) in [5, 5.41) is 2.86. The van der Waals surface area contributed by atoms with Crippen LogP contribution in [0.2, 0.25) is 0 Å². The topological polar surface area (TPSA) is 83.6 Å². The zero-order valence-electron chi connectivity index (χ0n) is 20.2. The molecular formula is C30H23BrN2O4. The van der Waals surface area contributed by atoms with Crippen LogP contribution in [0.3, 0.4) is 0 Å². The molecule has 7 heteroatoms. The van der Waals surface area contributed by atoms with Crippen LogP contribution in [-0.2, 0) is 9.59 Å². The predicted molar refractivity (Wildman–Crippen MR) is 145 cm³/mol. The minimum Gasteiger partial charge on any atom is -0.352 e. The summed E-state index contributed by atoms with van der Waals surface area (Å²) in [5.74, 6) is -1.58. The first-order chi connectivity index (χ1) is 17.8. The van der Waals surface area contributed by atoms with Gasteiger partial charge in [-0.05, 0) is 36.8 Å². The van der Waals surface area contributed by atoms with Gasteiger partial charge in [0.1, 0.15) is 5.41 Å². The highest BCUT2D eigenvalue weighted by Gasteiger charge is 2.71. The van der Waals surface area contributed by atoms with Gasteiger partial charge in [0.15, 0.2) is 17.3 Å². The molecule has 0 saturated carbocycles. The molecule has 1 saturated heterocycles. The van der Waals surface area contributed by atoms with Crippen molar-refractivity contribution in [3.05, 3.63) is 99.5 Å². The summed E-state index contributed by atoms with van der Waals surface area (Å²) in [6.45, 7) is 2.95. The van der Waals surface area contributed by atoms with Crippen LogP contribution >= 0.6 is 15.9 Å². The number of hydrogen-bond acceptors (Lipinski definition) is 5. The van der Waals surface area contributed by atoms with Crippen molar-refractivity contribution in [2.24, 2.45) is 5.41 Å². The van der Waals surface area contributed by atoms with E-state index >= 15 is 0 Å². The number of carbonyl (C=O) groups excluding carboxylic acids is 4. The number of benzene rings is 3. The SMILES string of the molecule is CC(=O)Nc1cccc2c1C=C[C@@H]1N2[C@H](C(C)=O)[C@H](c2ccc(Br)cc2)C12C(=O)c1ccccc1C2=O. The van der Waals surface area contributed by atoms with Gasteiger partial charge in [0.25, 0.3) is 0 Å². The molecule has 3 aromatic rings. The molecule has 6 nitrogen and oxygen atoms in total. The normalized spacial score (nSPS) is 22.6. The molecule has 3 aliphatic rings. The fraction of sp³-hybridized carbons (Fsp3) is 0.200. The van der Waals surface area contributed by atoms with Crippen LogP contribution in [0, 0.1) is 5.41 Å². The maximum atomic E-state index is 14.4. The van der Waals surface area contributed by atoms with Gasteiger partial charge in [0.05, 0.1) is 17.8 Å². The number of ketones is 3. The van der Waals surface area contributed by atoms with Gasteiger partial charge in [0.2, 0.25) is 5.91 Å². The van der Waals surface area contributed by atoms with Crippen molar-refractivity contribution in [2.75, 3.05) is 10.2 Å². The molecule has 6 rings (SSSR count). The van der Waals surface area contributed by atoms with Gasteiger partial charge in [-0.1, -0.05) is 70.5 Å². The maximum Gasteiger partial charge on any atom is 0.221 e. The van der Waals surface area contributed by atoms with Gasteiger partial charge < -0.3 is 10.2 Å². The average molecular weight is 555 g/mol. The molecule has 0 aromatic heterocycles. The summed E-state index contributed by atoms with van der Waals surface area (Å²) in [7, 11) is 0. The average Bonchev–Trinajstić information content (AvgIpc) is 3.31. The summed E-state index contributed by atoms with van der Waals surface area (Å²) in [4.78, 5) is 56.0. The van der Waals surface area contributed by atoms with E-state index in [9.17, 15) is 19.2 Å². The van der Waals surface area contributed by atoms with Crippen molar-refractivity contribution in [3.8, 4) is 0 Å². The number of Topliss-reactive ketones (excluding diaryl/α,β-unsaturated/α-hetero) is 3. The summed E-state index contributed by atoms with van der Waals surface area (Å²) in [6, 6.07) is 18.5. The molecule has 1 spiro atoms. The van der Waals surface area contributed by atoms with Gasteiger partial charge in [-0.25, -0.2) is 0 Å². The van der Waals surface area contributed by atoms with Crippen LogP contribution in [0.4, 0.5) is 11.4 Å². The molecule has 3 atom stereocenters. The van der Waals surface area contributed by atoms with Crippen LogP contribution in [0.5, 0.6) is 0 Å². The second-order valence-corrected chi connectivity index (χ2v) is 10.7. The molecule has 0 radical (unpaired) electrons. The van der Waals surface area contributed by atoms with Gasteiger partial charge in [-0.2, -0.15) is 0 Å². The van der Waals surface area contributed by atoms with Crippen LogP contribution in [0.15, 0.2) is 77.3 Å². The van der Waals surface area contributed by atoms with E-state index in [-0.39, 0.29) is 23.3 Å². The number of fused-ring (bicyclic) bond motifs is 5. The van der Waals surface area contributed by atoms with Gasteiger partial charge >= 0.3 is 0 Å². The molecule has 0 bridgehead atoms. The quantitative estimate of drug-likeness (QED) is 0.436. The zero-order chi connectivity index (χ0) is 26.1. The molecule has 2 aliphatic heterocycles. The summed E-state index contributed by atoms with van der Waals surface area (Å²) in [6.07, 6.45) is 3.71. The Labute approximate surface area is 222 Å². The van der Waals surface area contributed by atoms with E-state index in [0.29, 0.717) is 22.5 Å². The van der Waals surface area contributed by atoms with Gasteiger partial charge in [0, 0.05) is 39.7 Å². The number of rotatable bonds is 3. The summed E-state index contributed by atoms with van der Waals surface area (Å²) >= 11 is 3.47. The zero-order valence-corrected chi connectivity index (χ0v) is 21.8. The van der Waals surface area contributed by atoms with Crippen molar-refractivity contribution in [1.29, 1.82) is 0 Å². The first kappa shape index (κ1) is 23.6. The Kier molecular flexibility index (Phi) is 5.31. The molecule has 1 N–H and O–H groups in total. The Hall–Kier alpha value is -3.84. The Balaban J connectivity index is 1.65. The smallest absolute Gasteiger partial charge is 0.221 e. The minimum absolute atomic E-state index is 0.141. The number of carbonyl (C=O) groups is 4. The molecule has 3 aromatic carbocycles. The van der Waals surface area contributed by atoms with E-state index in [4.69, 9.17) is 0 Å². The van der Waals surface area contributed by atoms with E-state index in [1.165, 1.54) is 13.8 Å². The van der Waals surface area contributed by atoms with Gasteiger partial charge in [-0.15, -0.1) is 0 Å². The number of amides is 1. The van der Waals surface area contributed by atoms with E-state index in [1.54, 1.807) is 30.3 Å². The van der Waals surface area contributed by atoms with Crippen molar-refractivity contribution in [1.82, 2.24) is 0 Å². The molecular weight excluding hydrogens is 532 g/mol. The number of hydrogen-bond donors (Lipinski definition) is 1. The second kappa shape index (κ2) is 8.35. The molecule has 1 fully saturated rings. The number of halogens is 1. The monoisotopic (exact) mass is 554 g/mol. The lowest BCUT2D eigenvalue weighted by Crippen LogP contribution is -2.48. The van der Waals surface area contributed by atoms with Crippen molar-refractivity contribution >= 4 is 56.6 Å². The van der Waals surface area contributed by atoms with Crippen LogP contribution in [0.1, 0.15) is 51.6 Å². The van der Waals surface area contributed by atoms with E-state index in [2.05, 4.69) is 21.2 Å². The fourth-order valence-electron chi connectivity index (χ4n) is 6.49. The number of anilines is 2. The van der Waals surface area contributed by atoms with Crippen molar-refractivity contribution < 1.29 is 19.2 Å². The van der Waals surface area contributed by atoms with Crippen LogP contribution < -0.4 is 10.2 Å². The van der Waals surface area contributed by atoms with Crippen LogP contribution in [0.25, 0.3) is 6.08 Å². The summed E-state index contributed by atoms with van der Waals surface area (Å²) < 4.78 is 0.859. The fourth-order valence-corrected chi connectivity index (χ4v) is 6.76. The lowest BCUT2D eigenvalue weighted by Gasteiger charge is -2.37. The number of nitrogens with one attached hydrogen (secondary N) is 1. The molecule has 37 heavy (non-hydrogen) atoms. The molecule has 2 heterocycles. The Morgan fingerprint density at radius 1 is 0.892 bits per heavy atom. The van der Waals surface area contributed by atoms with Crippen molar-refractivity contribution in [3.63, 3.8) is 0 Å². The third-order valence-electron chi connectivity index (χ3n) is 7.80. The predicted octanol–water partition coefficient (Wildman–Crippen LogP) is 5.43. The first-order valence-electron chi connectivity index (χ1n) is 12.1. The van der Waals surface area contributed by atoms with E-state index in [0.717, 1.165) is 15.6 Å². The highest BCUT2D eigenvalue weighted by molar-refractivity contribution is 9.10. The molecule has 0 unspecified atom stereocenters. The highest BCUT2D eigenvalue weighted by Crippen LogP contribution is 2.61. The van der Waals surface area contributed by atoms with E-state index < -0.39 is 23.4 Å². The van der Waals surface area contributed by atoms with Crippen molar-refractivity contribution in [2.45, 2.75) is 31.8 Å². The Morgan fingerprint density at radius 3 is 2.14 bits per heavy atom. The molecule has 1 amide bonds. The lowest BCUT2D eigenvalue weighted by atomic mass is 9.64. The first-order valence-corrected chi connectivity index (χ1v) is 12.9. The third-order valence-corrected chi connectivity index (χ3v) is 8.33. The highest BCUT2D eigenvalue weighted by atomic mass is 79.9. The molecule has 184 valence electrons. The van der Waals surface area contributed by atoms with E-state index in [1.807, 2.05) is 53.5 Å². The lowest BCUT2D eigenvalue weighted by molar-refractivity contribution is -0.118. The standard InChI is InChI=1S/C30H23BrN2O4/c1-16(34)27-26(18-10-12-19(31)13-11-18)30(28(36)20-6-3-4-7-21(20)29(30)37)25-15-14-22-23(32-17(2)35)8-5-9-24(22)33(25)27/h3-15,25-27H,1-2H3,(H,32,35)/t25-,26-,27+/m0/s1. The Bertz CT molecular complexity index is 1510. The van der Waals surface area contributed by atoms with Crippen LogP contribution in [-0.4, -0.2) is 35.3 Å². The maximum absolute atomic E-state index is 14.4. The third kappa shape index (κ3) is 3.16. The Morgan fingerprint density at radius 2 is 1.54 bits per heavy atom. The largest absolute Gasteiger partial charge is 0.352 e. The summed E-state index contributed by atoms with van der Waals surface area (Å²) in [5.41, 5.74) is 2.08. The van der Waals surface area contributed by atoms with Gasteiger partial charge in [-0.3, -0.25) is 19.2 Å².